The fourth-order valence-electron chi connectivity index (χ4n) is 3.14. The largest absolute Gasteiger partial charge is 0.323 e. The number of carbonyl (C=O) groups excluding carboxylic acids is 1. The predicted molar refractivity (Wildman–Crippen MR) is 118 cm³/mol. The van der Waals surface area contributed by atoms with Crippen molar-refractivity contribution in [1.82, 2.24) is 9.78 Å². The summed E-state index contributed by atoms with van der Waals surface area (Å²) in [4.78, 5) is 27.3. The van der Waals surface area contributed by atoms with Crippen molar-refractivity contribution in [2.75, 3.05) is 5.32 Å². The molecule has 0 bridgehead atoms. The van der Waals surface area contributed by atoms with Crippen LogP contribution in [0.2, 0.25) is 0 Å². The van der Waals surface area contributed by atoms with E-state index >= 15 is 0 Å². The van der Waals surface area contributed by atoms with E-state index in [9.17, 15) is 14.9 Å². The maximum atomic E-state index is 12.7. The second-order valence-electron chi connectivity index (χ2n) is 6.54. The highest BCUT2D eigenvalue weighted by atomic mass is 32.2. The number of carbonyl (C=O) groups is 1. The first-order chi connectivity index (χ1) is 14.6. The summed E-state index contributed by atoms with van der Waals surface area (Å²) in [5.74, 6) is -0.374. The average Bonchev–Trinajstić information content (AvgIpc) is 2.76. The number of nitriles is 1. The van der Waals surface area contributed by atoms with Crippen molar-refractivity contribution in [3.05, 3.63) is 81.8 Å². The van der Waals surface area contributed by atoms with Gasteiger partial charge < -0.3 is 5.32 Å². The van der Waals surface area contributed by atoms with Gasteiger partial charge in [0.2, 0.25) is 5.91 Å². The molecule has 3 rings (SSSR count). The van der Waals surface area contributed by atoms with Gasteiger partial charge in [0.25, 0.3) is 5.56 Å². The Balaban J connectivity index is 1.84. The van der Waals surface area contributed by atoms with E-state index in [1.807, 2.05) is 74.5 Å². The van der Waals surface area contributed by atoms with Gasteiger partial charge in [0.05, 0.1) is 11.4 Å². The molecule has 0 fully saturated rings. The molecule has 2 aromatic carbocycles. The molecule has 1 aromatic heterocycles. The van der Waals surface area contributed by atoms with Gasteiger partial charge in [0.1, 0.15) is 18.2 Å². The van der Waals surface area contributed by atoms with E-state index < -0.39 is 5.56 Å². The Morgan fingerprint density at radius 2 is 1.80 bits per heavy atom. The highest BCUT2D eigenvalue weighted by molar-refractivity contribution is 7.99. The van der Waals surface area contributed by atoms with Crippen LogP contribution in [0, 0.1) is 11.3 Å². The number of aryl methyl sites for hydroxylation is 1. The molecule has 0 unspecified atom stereocenters. The van der Waals surface area contributed by atoms with Gasteiger partial charge in [-0.3, -0.25) is 9.59 Å². The topological polar surface area (TPSA) is 87.8 Å². The molecule has 0 atom stereocenters. The van der Waals surface area contributed by atoms with Crippen molar-refractivity contribution >= 4 is 23.4 Å². The molecule has 1 N–H and O–H groups in total. The van der Waals surface area contributed by atoms with Crippen LogP contribution in [0.1, 0.15) is 30.7 Å². The lowest BCUT2D eigenvalue weighted by molar-refractivity contribution is -0.117. The summed E-state index contributed by atoms with van der Waals surface area (Å²) in [5.41, 5.74) is 1.52. The van der Waals surface area contributed by atoms with Crippen molar-refractivity contribution in [3.8, 4) is 6.07 Å². The normalized spacial score (nSPS) is 10.4. The van der Waals surface area contributed by atoms with E-state index in [1.54, 1.807) is 11.8 Å². The lowest BCUT2D eigenvalue weighted by atomic mass is 10.0. The number of nitrogens with zero attached hydrogens (tertiary/aromatic N) is 3. The first-order valence-electron chi connectivity index (χ1n) is 9.72. The lowest BCUT2D eigenvalue weighted by Crippen LogP contribution is -2.33. The minimum absolute atomic E-state index is 0.0668. The lowest BCUT2D eigenvalue weighted by Gasteiger charge is -2.13. The van der Waals surface area contributed by atoms with Crippen molar-refractivity contribution < 1.29 is 4.79 Å². The van der Waals surface area contributed by atoms with Crippen molar-refractivity contribution in [2.24, 2.45) is 0 Å². The van der Waals surface area contributed by atoms with E-state index in [2.05, 4.69) is 10.4 Å². The van der Waals surface area contributed by atoms with Crippen molar-refractivity contribution in [2.45, 2.75) is 43.0 Å². The Hall–Kier alpha value is -3.37. The van der Waals surface area contributed by atoms with Gasteiger partial charge in [0.15, 0.2) is 0 Å². The Bertz CT molecular complexity index is 1150. The molecule has 30 heavy (non-hydrogen) atoms. The Labute approximate surface area is 179 Å². The number of aromatic nitrogens is 2. The zero-order valence-corrected chi connectivity index (χ0v) is 17.7. The van der Waals surface area contributed by atoms with Crippen LogP contribution in [-0.2, 0) is 24.2 Å². The Morgan fingerprint density at radius 3 is 2.47 bits per heavy atom. The predicted octanol–water partition coefficient (Wildman–Crippen LogP) is 4.03. The van der Waals surface area contributed by atoms with Crippen molar-refractivity contribution in [1.29, 1.82) is 5.26 Å². The number of para-hydroxylation sites is 1. The number of benzene rings is 2. The van der Waals surface area contributed by atoms with Gasteiger partial charge in [-0.2, -0.15) is 10.4 Å². The maximum Gasteiger partial charge on any atom is 0.285 e. The zero-order valence-electron chi connectivity index (χ0n) is 16.9. The summed E-state index contributed by atoms with van der Waals surface area (Å²) < 4.78 is 1.08. The van der Waals surface area contributed by atoms with Crippen LogP contribution in [0.4, 0.5) is 5.69 Å². The molecule has 0 aliphatic heterocycles. The Kier molecular flexibility index (Phi) is 7.04. The summed E-state index contributed by atoms with van der Waals surface area (Å²) in [7, 11) is 0. The smallest absolute Gasteiger partial charge is 0.285 e. The standard InChI is InChI=1S/C23H22N4O2S/c1-3-17-18(14-24)23(29)27(26-19(17)4-2)15-22(28)25-20-12-8-9-13-21(20)30-16-10-6-5-7-11-16/h5-13H,3-4,15H2,1-2H3,(H,25,28). The fraction of sp³-hybridized carbons (Fsp3) is 0.217. The number of anilines is 1. The van der Waals surface area contributed by atoms with Crippen LogP contribution in [-0.4, -0.2) is 15.7 Å². The maximum absolute atomic E-state index is 12.7. The molecule has 0 saturated heterocycles. The van der Waals surface area contributed by atoms with E-state index in [-0.39, 0.29) is 18.0 Å². The van der Waals surface area contributed by atoms with Gasteiger partial charge in [-0.15, -0.1) is 0 Å². The van der Waals surface area contributed by atoms with Crippen LogP contribution < -0.4 is 10.9 Å². The molecular weight excluding hydrogens is 396 g/mol. The van der Waals surface area contributed by atoms with E-state index in [1.165, 1.54) is 0 Å². The number of hydrogen-bond acceptors (Lipinski definition) is 5. The van der Waals surface area contributed by atoms with Gasteiger partial charge in [-0.25, -0.2) is 4.68 Å². The number of rotatable bonds is 7. The fourth-order valence-corrected chi connectivity index (χ4v) is 4.06. The van der Waals surface area contributed by atoms with Gasteiger partial charge in [-0.05, 0) is 42.7 Å². The van der Waals surface area contributed by atoms with E-state index in [0.29, 0.717) is 29.8 Å². The van der Waals surface area contributed by atoms with E-state index in [4.69, 9.17) is 0 Å². The molecule has 152 valence electrons. The van der Waals surface area contributed by atoms with Crippen LogP contribution in [0.15, 0.2) is 69.2 Å². The first kappa shape index (κ1) is 21.3. The molecule has 0 aliphatic carbocycles. The molecule has 1 heterocycles. The molecule has 1 amide bonds. The van der Waals surface area contributed by atoms with Crippen LogP contribution in [0.25, 0.3) is 0 Å². The summed E-state index contributed by atoms with van der Waals surface area (Å²) in [6.07, 6.45) is 1.13. The number of hydrogen-bond donors (Lipinski definition) is 1. The minimum Gasteiger partial charge on any atom is -0.323 e. The van der Waals surface area contributed by atoms with Gasteiger partial charge in [0, 0.05) is 9.79 Å². The number of amides is 1. The number of nitrogens with one attached hydrogen (secondary N) is 1. The molecule has 0 saturated carbocycles. The third-order valence-corrected chi connectivity index (χ3v) is 5.65. The van der Waals surface area contributed by atoms with Crippen LogP contribution in [0.3, 0.4) is 0 Å². The second-order valence-corrected chi connectivity index (χ2v) is 7.66. The third kappa shape index (κ3) is 4.78. The third-order valence-electron chi connectivity index (χ3n) is 4.57. The second kappa shape index (κ2) is 9.90. The molecule has 0 radical (unpaired) electrons. The molecular formula is C23H22N4O2S. The van der Waals surface area contributed by atoms with Crippen LogP contribution >= 0.6 is 11.8 Å². The van der Waals surface area contributed by atoms with Gasteiger partial charge in [-0.1, -0.05) is 55.9 Å². The molecule has 6 nitrogen and oxygen atoms in total. The highest BCUT2D eigenvalue weighted by Crippen LogP contribution is 2.33. The summed E-state index contributed by atoms with van der Waals surface area (Å²) in [6.45, 7) is 3.54. The quantitative estimate of drug-likeness (QED) is 0.626. The molecule has 3 aromatic rings. The van der Waals surface area contributed by atoms with Crippen LogP contribution in [0.5, 0.6) is 0 Å². The monoisotopic (exact) mass is 418 g/mol. The zero-order chi connectivity index (χ0) is 21.5. The van der Waals surface area contributed by atoms with E-state index in [0.717, 1.165) is 14.5 Å². The average molecular weight is 419 g/mol. The SMILES string of the molecule is CCc1nn(CC(=O)Nc2ccccc2Sc2ccccc2)c(=O)c(C#N)c1CC. The first-order valence-corrected chi connectivity index (χ1v) is 10.5. The summed E-state index contributed by atoms with van der Waals surface area (Å²) in [6, 6.07) is 19.3. The van der Waals surface area contributed by atoms with Gasteiger partial charge >= 0.3 is 0 Å². The Morgan fingerprint density at radius 1 is 1.10 bits per heavy atom. The minimum atomic E-state index is -0.534. The summed E-state index contributed by atoms with van der Waals surface area (Å²) >= 11 is 1.54. The highest BCUT2D eigenvalue weighted by Gasteiger charge is 2.17. The summed E-state index contributed by atoms with van der Waals surface area (Å²) in [5, 5.41) is 16.6. The van der Waals surface area contributed by atoms with Crippen molar-refractivity contribution in [3.63, 3.8) is 0 Å². The molecule has 0 spiro atoms. The molecule has 0 aliphatic rings. The molecule has 7 heteroatoms.